The summed E-state index contributed by atoms with van der Waals surface area (Å²) in [6, 6.07) is 0. The molecule has 0 aromatic heterocycles. The van der Waals surface area contributed by atoms with Gasteiger partial charge < -0.3 is 14.2 Å². The molecule has 0 aromatic carbocycles. The third-order valence-electron chi connectivity index (χ3n) is 1.49. The Hall–Kier alpha value is 0.170. The minimum absolute atomic E-state index is 0.0341. The van der Waals surface area contributed by atoms with Crippen LogP contribution >= 0.6 is 11.6 Å². The molecule has 1 aliphatic heterocycles. The molecular weight excluding hydrogens is 168 g/mol. The average Bonchev–Trinajstić information content (AvgIpc) is 2.33. The van der Waals surface area contributed by atoms with Crippen molar-refractivity contribution < 1.29 is 14.2 Å². The predicted molar refractivity (Wildman–Crippen MR) is 41.6 cm³/mol. The summed E-state index contributed by atoms with van der Waals surface area (Å²) in [7, 11) is 0. The number of hydrogen-bond donors (Lipinski definition) is 0. The second kappa shape index (κ2) is 3.72. The van der Waals surface area contributed by atoms with Crippen LogP contribution in [-0.2, 0) is 14.2 Å². The highest BCUT2D eigenvalue weighted by Crippen LogP contribution is 2.24. The second-order valence-electron chi connectivity index (χ2n) is 2.50. The molecular formula is C7H13ClO3. The van der Waals surface area contributed by atoms with E-state index >= 15 is 0 Å². The summed E-state index contributed by atoms with van der Waals surface area (Å²) in [5, 5.41) is 0. The molecule has 1 heterocycles. The number of alkyl halides is 1. The monoisotopic (exact) mass is 180 g/mol. The van der Waals surface area contributed by atoms with Gasteiger partial charge in [-0.05, 0) is 6.92 Å². The summed E-state index contributed by atoms with van der Waals surface area (Å²) in [5.41, 5.74) is 0. The quantitative estimate of drug-likeness (QED) is 0.614. The van der Waals surface area contributed by atoms with Crippen molar-refractivity contribution in [2.75, 3.05) is 19.1 Å². The normalized spacial score (nSPS) is 37.9. The van der Waals surface area contributed by atoms with E-state index in [0.717, 1.165) is 0 Å². The van der Waals surface area contributed by atoms with Crippen LogP contribution in [0.3, 0.4) is 0 Å². The largest absolute Gasteiger partial charge is 0.328 e. The lowest BCUT2D eigenvalue weighted by atomic mass is 10.4. The Morgan fingerprint density at radius 2 is 2.45 bits per heavy atom. The van der Waals surface area contributed by atoms with E-state index in [9.17, 15) is 0 Å². The summed E-state index contributed by atoms with van der Waals surface area (Å²) in [6.07, 6.45) is -0.0341. The first-order valence-corrected chi connectivity index (χ1v) is 4.25. The molecule has 1 aliphatic rings. The van der Waals surface area contributed by atoms with Gasteiger partial charge >= 0.3 is 0 Å². The van der Waals surface area contributed by atoms with Crippen LogP contribution in [0.5, 0.6) is 0 Å². The van der Waals surface area contributed by atoms with E-state index in [1.54, 1.807) is 6.92 Å². The van der Waals surface area contributed by atoms with E-state index in [2.05, 4.69) is 0 Å². The Kier molecular flexibility index (Phi) is 3.13. The van der Waals surface area contributed by atoms with Gasteiger partial charge in [-0.2, -0.15) is 0 Å². The molecule has 4 heteroatoms. The van der Waals surface area contributed by atoms with Crippen molar-refractivity contribution in [2.24, 2.45) is 0 Å². The Morgan fingerprint density at radius 3 is 2.91 bits per heavy atom. The standard InChI is InChI=1S/C7H13ClO3/c1-3-9-7(2)10-5-6(4-8)11-7/h6H,3-5H2,1-2H3. The third kappa shape index (κ3) is 2.30. The van der Waals surface area contributed by atoms with Crippen molar-refractivity contribution in [1.29, 1.82) is 0 Å². The molecule has 0 spiro atoms. The maximum atomic E-state index is 5.57. The van der Waals surface area contributed by atoms with Crippen LogP contribution < -0.4 is 0 Å². The minimum Gasteiger partial charge on any atom is -0.328 e. The summed E-state index contributed by atoms with van der Waals surface area (Å²) in [6.45, 7) is 4.74. The van der Waals surface area contributed by atoms with Crippen LogP contribution in [0.4, 0.5) is 0 Å². The second-order valence-corrected chi connectivity index (χ2v) is 2.81. The number of ether oxygens (including phenoxy) is 3. The molecule has 0 aromatic rings. The van der Waals surface area contributed by atoms with Crippen molar-refractivity contribution in [1.82, 2.24) is 0 Å². The summed E-state index contributed by atoms with van der Waals surface area (Å²) in [4.78, 5) is 0. The minimum atomic E-state index is -0.867. The first-order valence-electron chi connectivity index (χ1n) is 3.72. The maximum absolute atomic E-state index is 5.57. The van der Waals surface area contributed by atoms with Crippen molar-refractivity contribution >= 4 is 11.6 Å². The fourth-order valence-electron chi connectivity index (χ4n) is 1.03. The lowest BCUT2D eigenvalue weighted by Crippen LogP contribution is -2.30. The van der Waals surface area contributed by atoms with Crippen LogP contribution in [0.15, 0.2) is 0 Å². The number of rotatable bonds is 3. The van der Waals surface area contributed by atoms with Crippen LogP contribution in [-0.4, -0.2) is 31.2 Å². The Bertz CT molecular complexity index is 131. The summed E-state index contributed by atoms with van der Waals surface area (Å²) >= 11 is 5.57. The van der Waals surface area contributed by atoms with Crippen molar-refractivity contribution in [3.8, 4) is 0 Å². The smallest absolute Gasteiger partial charge is 0.280 e. The van der Waals surface area contributed by atoms with Crippen LogP contribution in [0.1, 0.15) is 13.8 Å². The molecule has 1 fully saturated rings. The van der Waals surface area contributed by atoms with E-state index in [0.29, 0.717) is 19.1 Å². The van der Waals surface area contributed by atoms with Gasteiger partial charge in [0.15, 0.2) is 0 Å². The molecule has 0 radical (unpaired) electrons. The molecule has 1 saturated heterocycles. The molecule has 0 bridgehead atoms. The van der Waals surface area contributed by atoms with E-state index in [1.165, 1.54) is 0 Å². The van der Waals surface area contributed by atoms with Gasteiger partial charge in [-0.3, -0.25) is 0 Å². The Labute approximate surface area is 71.6 Å². The van der Waals surface area contributed by atoms with Crippen molar-refractivity contribution in [3.63, 3.8) is 0 Å². The molecule has 0 saturated carbocycles. The number of halogens is 1. The lowest BCUT2D eigenvalue weighted by Gasteiger charge is -2.21. The van der Waals surface area contributed by atoms with Crippen molar-refractivity contribution in [3.05, 3.63) is 0 Å². The van der Waals surface area contributed by atoms with Gasteiger partial charge in [0.1, 0.15) is 6.10 Å². The van der Waals surface area contributed by atoms with Gasteiger partial charge in [-0.25, -0.2) is 0 Å². The fraction of sp³-hybridized carbons (Fsp3) is 1.00. The lowest BCUT2D eigenvalue weighted by molar-refractivity contribution is -0.322. The van der Waals surface area contributed by atoms with Crippen LogP contribution in [0.25, 0.3) is 0 Å². The summed E-state index contributed by atoms with van der Waals surface area (Å²) < 4.78 is 15.8. The first kappa shape index (κ1) is 9.26. The molecule has 0 N–H and O–H groups in total. The molecule has 66 valence electrons. The molecule has 2 unspecified atom stereocenters. The zero-order chi connectivity index (χ0) is 8.32. The van der Waals surface area contributed by atoms with Gasteiger partial charge in [0.05, 0.1) is 12.5 Å². The van der Waals surface area contributed by atoms with E-state index in [4.69, 9.17) is 25.8 Å². The van der Waals surface area contributed by atoms with Gasteiger partial charge in [0.25, 0.3) is 5.97 Å². The van der Waals surface area contributed by atoms with E-state index in [1.807, 2.05) is 6.92 Å². The fourth-order valence-corrected chi connectivity index (χ4v) is 1.18. The molecule has 1 rings (SSSR count). The van der Waals surface area contributed by atoms with Gasteiger partial charge in [-0.15, -0.1) is 11.6 Å². The highest BCUT2D eigenvalue weighted by atomic mass is 35.5. The van der Waals surface area contributed by atoms with E-state index < -0.39 is 5.97 Å². The highest BCUT2D eigenvalue weighted by molar-refractivity contribution is 6.18. The Morgan fingerprint density at radius 1 is 1.73 bits per heavy atom. The molecule has 0 aliphatic carbocycles. The predicted octanol–water partition coefficient (Wildman–Crippen LogP) is 1.35. The highest BCUT2D eigenvalue weighted by Gasteiger charge is 2.37. The molecule has 3 nitrogen and oxygen atoms in total. The SMILES string of the molecule is CCOC1(C)OCC(CCl)O1. The van der Waals surface area contributed by atoms with E-state index in [-0.39, 0.29) is 6.10 Å². The molecule has 0 amide bonds. The van der Waals surface area contributed by atoms with Crippen LogP contribution in [0.2, 0.25) is 0 Å². The zero-order valence-electron chi connectivity index (χ0n) is 6.80. The zero-order valence-corrected chi connectivity index (χ0v) is 7.56. The maximum Gasteiger partial charge on any atom is 0.280 e. The van der Waals surface area contributed by atoms with Crippen molar-refractivity contribution in [2.45, 2.75) is 25.9 Å². The van der Waals surface area contributed by atoms with Gasteiger partial charge in [0.2, 0.25) is 0 Å². The average molecular weight is 181 g/mol. The Balaban J connectivity index is 2.37. The van der Waals surface area contributed by atoms with Crippen LogP contribution in [0, 0.1) is 0 Å². The van der Waals surface area contributed by atoms with Gasteiger partial charge in [-0.1, -0.05) is 0 Å². The molecule has 2 atom stereocenters. The topological polar surface area (TPSA) is 27.7 Å². The third-order valence-corrected chi connectivity index (χ3v) is 1.83. The molecule has 11 heavy (non-hydrogen) atoms. The summed E-state index contributed by atoms with van der Waals surface area (Å²) in [5.74, 6) is -0.420. The first-order chi connectivity index (χ1) is 5.20. The number of hydrogen-bond acceptors (Lipinski definition) is 3. The van der Waals surface area contributed by atoms with Gasteiger partial charge in [0, 0.05) is 13.5 Å².